The lowest BCUT2D eigenvalue weighted by molar-refractivity contribution is -0.143. The highest BCUT2D eigenvalue weighted by Crippen LogP contribution is 2.49. The molecule has 2 aliphatic heterocycles. The number of rotatable bonds is 10. The van der Waals surface area contributed by atoms with Gasteiger partial charge in [0.15, 0.2) is 11.5 Å². The lowest BCUT2D eigenvalue weighted by Gasteiger charge is -2.33. The predicted molar refractivity (Wildman–Crippen MR) is 147 cm³/mol. The van der Waals surface area contributed by atoms with Gasteiger partial charge in [0.05, 0.1) is 19.1 Å². The number of aliphatic carboxylic acids is 1. The lowest BCUT2D eigenvalue weighted by atomic mass is 9.82. The van der Waals surface area contributed by atoms with E-state index in [4.69, 9.17) is 14.2 Å². The zero-order valence-electron chi connectivity index (χ0n) is 22.5. The van der Waals surface area contributed by atoms with Crippen molar-refractivity contribution in [2.75, 3.05) is 25.8 Å². The standard InChI is InChI=1S/C31H33FN2O6/c1-3-4-5-25(30(35)33-22-11-9-21(32)10-12-22)34-17-24(20-8-15-26-27(16-20)40-18-39-26)28(31(36)37)29(34)19-6-13-23(38-2)14-7-19/h6-16,24-25,28-29H,3-5,17-18H2,1-2H3,(H,33,35)(H,36,37). The molecule has 0 aromatic heterocycles. The Labute approximate surface area is 232 Å². The Morgan fingerprint density at radius 1 is 1.05 bits per heavy atom. The van der Waals surface area contributed by atoms with Gasteiger partial charge in [-0.15, -0.1) is 0 Å². The fourth-order valence-electron chi connectivity index (χ4n) is 5.77. The fraction of sp³-hybridized carbons (Fsp3) is 0.355. The van der Waals surface area contributed by atoms with Gasteiger partial charge >= 0.3 is 5.97 Å². The topological polar surface area (TPSA) is 97.3 Å². The summed E-state index contributed by atoms with van der Waals surface area (Å²) >= 11 is 0. The van der Waals surface area contributed by atoms with Crippen molar-refractivity contribution in [3.8, 4) is 17.2 Å². The first-order valence-corrected chi connectivity index (χ1v) is 13.5. The Morgan fingerprint density at radius 3 is 2.42 bits per heavy atom. The highest BCUT2D eigenvalue weighted by Gasteiger charge is 2.50. The van der Waals surface area contributed by atoms with Crippen LogP contribution in [0.3, 0.4) is 0 Å². The van der Waals surface area contributed by atoms with E-state index in [1.54, 1.807) is 25.3 Å². The molecule has 0 saturated carbocycles. The third-order valence-corrected chi connectivity index (χ3v) is 7.75. The quantitative estimate of drug-likeness (QED) is 0.340. The van der Waals surface area contributed by atoms with Crippen LogP contribution in [0.2, 0.25) is 0 Å². The normalized spacial score (nSPS) is 20.7. The Balaban J connectivity index is 1.56. The van der Waals surface area contributed by atoms with Crippen molar-refractivity contribution in [3.05, 3.63) is 83.7 Å². The van der Waals surface area contributed by atoms with Crippen LogP contribution in [0.4, 0.5) is 10.1 Å². The maximum Gasteiger partial charge on any atom is 0.309 e. The van der Waals surface area contributed by atoms with E-state index in [0.717, 1.165) is 24.0 Å². The van der Waals surface area contributed by atoms with Crippen LogP contribution < -0.4 is 19.5 Å². The fourth-order valence-corrected chi connectivity index (χ4v) is 5.77. The van der Waals surface area contributed by atoms with Crippen LogP contribution in [0.25, 0.3) is 0 Å². The van der Waals surface area contributed by atoms with Crippen molar-refractivity contribution in [1.29, 1.82) is 0 Å². The Hall–Kier alpha value is -4.11. The molecular weight excluding hydrogens is 515 g/mol. The summed E-state index contributed by atoms with van der Waals surface area (Å²) in [6.45, 7) is 2.52. The van der Waals surface area contributed by atoms with Crippen LogP contribution in [0.1, 0.15) is 49.3 Å². The highest BCUT2D eigenvalue weighted by atomic mass is 19.1. The van der Waals surface area contributed by atoms with E-state index in [1.165, 1.54) is 24.3 Å². The minimum absolute atomic E-state index is 0.120. The molecule has 3 aromatic rings. The van der Waals surface area contributed by atoms with Gasteiger partial charge in [0.25, 0.3) is 0 Å². The zero-order valence-corrected chi connectivity index (χ0v) is 22.5. The number of likely N-dealkylation sites (tertiary alicyclic amines) is 1. The van der Waals surface area contributed by atoms with Gasteiger partial charge in [-0.1, -0.05) is 38.0 Å². The molecule has 0 aliphatic carbocycles. The summed E-state index contributed by atoms with van der Waals surface area (Å²) < 4.78 is 29.9. The number of amides is 1. The molecule has 1 saturated heterocycles. The molecule has 210 valence electrons. The van der Waals surface area contributed by atoms with Crippen LogP contribution in [-0.4, -0.2) is 48.4 Å². The van der Waals surface area contributed by atoms with E-state index in [9.17, 15) is 19.1 Å². The van der Waals surface area contributed by atoms with Crippen LogP contribution in [0.15, 0.2) is 66.7 Å². The monoisotopic (exact) mass is 548 g/mol. The van der Waals surface area contributed by atoms with Crippen LogP contribution in [0.5, 0.6) is 17.2 Å². The van der Waals surface area contributed by atoms with E-state index in [1.807, 2.05) is 29.2 Å². The summed E-state index contributed by atoms with van der Waals surface area (Å²) in [7, 11) is 1.58. The summed E-state index contributed by atoms with van der Waals surface area (Å²) in [6.07, 6.45) is 2.19. The molecule has 1 fully saturated rings. The number of methoxy groups -OCH3 is 1. The number of nitrogens with zero attached hydrogens (tertiary/aromatic N) is 1. The van der Waals surface area contributed by atoms with Gasteiger partial charge in [-0.05, 0) is 66.1 Å². The molecule has 4 unspecified atom stereocenters. The molecule has 0 radical (unpaired) electrons. The van der Waals surface area contributed by atoms with E-state index in [2.05, 4.69) is 12.2 Å². The average molecular weight is 549 g/mol. The molecule has 8 nitrogen and oxygen atoms in total. The van der Waals surface area contributed by atoms with Crippen molar-refractivity contribution in [3.63, 3.8) is 0 Å². The van der Waals surface area contributed by atoms with Crippen LogP contribution >= 0.6 is 0 Å². The summed E-state index contributed by atoms with van der Waals surface area (Å²) in [5, 5.41) is 13.5. The maximum absolute atomic E-state index is 13.8. The molecule has 0 bridgehead atoms. The third-order valence-electron chi connectivity index (χ3n) is 7.75. The molecule has 2 aliphatic rings. The number of hydrogen-bond donors (Lipinski definition) is 2. The third kappa shape index (κ3) is 5.60. The van der Waals surface area contributed by atoms with E-state index < -0.39 is 35.7 Å². The molecular formula is C31H33FN2O6. The minimum atomic E-state index is -0.945. The van der Waals surface area contributed by atoms with Crippen molar-refractivity contribution in [1.82, 2.24) is 4.90 Å². The maximum atomic E-state index is 13.8. The van der Waals surface area contributed by atoms with Gasteiger partial charge in [-0.25, -0.2) is 4.39 Å². The molecule has 1 amide bonds. The molecule has 2 heterocycles. The second-order valence-electron chi connectivity index (χ2n) is 10.2. The smallest absolute Gasteiger partial charge is 0.309 e. The summed E-state index contributed by atoms with van der Waals surface area (Å²) in [5.74, 6) is -0.986. The van der Waals surface area contributed by atoms with Gasteiger partial charge in [-0.3, -0.25) is 14.5 Å². The number of carbonyl (C=O) groups excluding carboxylic acids is 1. The predicted octanol–water partition coefficient (Wildman–Crippen LogP) is 5.60. The zero-order chi connectivity index (χ0) is 28.2. The second kappa shape index (κ2) is 12.0. The molecule has 4 atom stereocenters. The summed E-state index contributed by atoms with van der Waals surface area (Å²) in [4.78, 5) is 28.8. The molecule has 0 spiro atoms. The van der Waals surface area contributed by atoms with Crippen LogP contribution in [0, 0.1) is 11.7 Å². The number of unbranched alkanes of at least 4 members (excludes halogenated alkanes) is 1. The highest BCUT2D eigenvalue weighted by molar-refractivity contribution is 5.95. The minimum Gasteiger partial charge on any atom is -0.497 e. The number of halogens is 1. The Morgan fingerprint density at radius 2 is 1.75 bits per heavy atom. The van der Waals surface area contributed by atoms with E-state index in [0.29, 0.717) is 35.9 Å². The number of benzene rings is 3. The van der Waals surface area contributed by atoms with Crippen molar-refractivity contribution in [2.45, 2.75) is 44.2 Å². The van der Waals surface area contributed by atoms with Crippen LogP contribution in [-0.2, 0) is 9.59 Å². The number of carbonyl (C=O) groups is 2. The largest absolute Gasteiger partial charge is 0.497 e. The Bertz CT molecular complexity index is 1350. The molecule has 9 heteroatoms. The van der Waals surface area contributed by atoms with Crippen molar-refractivity contribution < 1.29 is 33.3 Å². The number of anilines is 1. The molecule has 3 aromatic carbocycles. The number of fused-ring (bicyclic) bond motifs is 1. The van der Waals surface area contributed by atoms with E-state index >= 15 is 0 Å². The SMILES string of the molecule is CCCCC(C(=O)Nc1ccc(F)cc1)N1CC(c2ccc3c(c2)OCO3)C(C(=O)O)C1c1ccc(OC)cc1. The number of ether oxygens (including phenoxy) is 3. The second-order valence-corrected chi connectivity index (χ2v) is 10.2. The first-order valence-electron chi connectivity index (χ1n) is 13.5. The number of hydrogen-bond acceptors (Lipinski definition) is 6. The van der Waals surface area contributed by atoms with Gasteiger partial charge < -0.3 is 24.6 Å². The lowest BCUT2D eigenvalue weighted by Crippen LogP contribution is -2.45. The first-order chi connectivity index (χ1) is 19.4. The first kappa shape index (κ1) is 27.5. The summed E-state index contributed by atoms with van der Waals surface area (Å²) in [6, 6.07) is 17.3. The molecule has 40 heavy (non-hydrogen) atoms. The Kier molecular flexibility index (Phi) is 8.21. The van der Waals surface area contributed by atoms with Gasteiger partial charge in [0.1, 0.15) is 11.6 Å². The summed E-state index contributed by atoms with van der Waals surface area (Å²) in [5.41, 5.74) is 2.08. The van der Waals surface area contributed by atoms with Crippen molar-refractivity contribution in [2.24, 2.45) is 5.92 Å². The number of nitrogens with one attached hydrogen (secondary N) is 1. The van der Waals surface area contributed by atoms with E-state index in [-0.39, 0.29) is 12.7 Å². The van der Waals surface area contributed by atoms with Crippen molar-refractivity contribution >= 4 is 17.6 Å². The van der Waals surface area contributed by atoms with Gasteiger partial charge in [0.2, 0.25) is 12.7 Å². The average Bonchev–Trinajstić information content (AvgIpc) is 3.59. The number of carboxylic acid groups (broad SMARTS) is 1. The number of carboxylic acids is 1. The molecule has 2 N–H and O–H groups in total. The van der Waals surface area contributed by atoms with Gasteiger partial charge in [-0.2, -0.15) is 0 Å². The molecule has 5 rings (SSSR count). The van der Waals surface area contributed by atoms with Gasteiger partial charge in [0, 0.05) is 24.2 Å².